The van der Waals surface area contributed by atoms with E-state index in [1.54, 1.807) is 7.11 Å². The third-order valence-corrected chi connectivity index (χ3v) is 6.41. The molecule has 6 rings (SSSR count). The minimum Gasteiger partial charge on any atom is -0.494 e. The van der Waals surface area contributed by atoms with Gasteiger partial charge in [-0.15, -0.1) is 0 Å². The van der Waals surface area contributed by atoms with Crippen molar-refractivity contribution >= 4 is 5.71 Å². The summed E-state index contributed by atoms with van der Waals surface area (Å²) in [6.45, 7) is 0. The monoisotopic (exact) mass is 323 g/mol. The van der Waals surface area contributed by atoms with Crippen molar-refractivity contribution in [3.63, 3.8) is 0 Å². The molecule has 4 bridgehead atoms. The number of aliphatic imine (C=N–C) groups is 1. The summed E-state index contributed by atoms with van der Waals surface area (Å²) < 4.78 is 5.55. The number of ether oxygens (including phenoxy) is 1. The summed E-state index contributed by atoms with van der Waals surface area (Å²) in [6, 6.07) is 4.03. The highest BCUT2D eigenvalue weighted by molar-refractivity contribution is 6.10. The Balaban J connectivity index is 1.39. The van der Waals surface area contributed by atoms with Crippen LogP contribution < -0.4 is 5.32 Å². The second-order valence-corrected chi connectivity index (χ2v) is 8.17. The molecule has 5 aliphatic rings. The smallest absolute Gasteiger partial charge is 0.148 e. The van der Waals surface area contributed by atoms with Crippen molar-refractivity contribution in [2.75, 3.05) is 7.11 Å². The van der Waals surface area contributed by atoms with Gasteiger partial charge in [-0.25, -0.2) is 4.99 Å². The molecule has 0 atom stereocenters. The molecule has 24 heavy (non-hydrogen) atoms. The van der Waals surface area contributed by atoms with Gasteiger partial charge >= 0.3 is 0 Å². The van der Waals surface area contributed by atoms with Gasteiger partial charge in [-0.1, -0.05) is 0 Å². The van der Waals surface area contributed by atoms with Crippen LogP contribution in [0.3, 0.4) is 0 Å². The molecule has 0 amide bonds. The second-order valence-electron chi connectivity index (χ2n) is 8.17. The number of aromatic amines is 1. The Bertz CT molecular complexity index is 691. The number of allylic oxidation sites excluding steroid dienone is 1. The van der Waals surface area contributed by atoms with Gasteiger partial charge < -0.3 is 15.0 Å². The maximum atomic E-state index is 5.55. The van der Waals surface area contributed by atoms with E-state index in [-0.39, 0.29) is 0 Å². The number of aromatic nitrogens is 1. The Kier molecular flexibility index (Phi) is 3.15. The first-order valence-electron chi connectivity index (χ1n) is 9.19. The van der Waals surface area contributed by atoms with Gasteiger partial charge in [0.05, 0.1) is 18.5 Å². The molecule has 4 nitrogen and oxygen atoms in total. The van der Waals surface area contributed by atoms with Crippen LogP contribution in [0.2, 0.25) is 0 Å². The molecule has 4 saturated carbocycles. The first kappa shape index (κ1) is 14.4. The average Bonchev–Trinajstić information content (AvgIpc) is 3.21. The van der Waals surface area contributed by atoms with Crippen LogP contribution >= 0.6 is 0 Å². The van der Waals surface area contributed by atoms with Crippen LogP contribution in [0.25, 0.3) is 0 Å². The van der Waals surface area contributed by atoms with E-state index < -0.39 is 0 Å². The fraction of sp³-hybridized carbons (Fsp3) is 0.550. The largest absolute Gasteiger partial charge is 0.494 e. The van der Waals surface area contributed by atoms with E-state index in [1.165, 1.54) is 38.5 Å². The minimum atomic E-state index is 0.311. The molecule has 0 saturated heterocycles. The van der Waals surface area contributed by atoms with Crippen LogP contribution in [0.15, 0.2) is 47.1 Å². The number of rotatable bonds is 4. The molecule has 0 spiro atoms. The van der Waals surface area contributed by atoms with E-state index in [9.17, 15) is 0 Å². The van der Waals surface area contributed by atoms with Crippen LogP contribution in [0.1, 0.15) is 44.2 Å². The number of methoxy groups -OCH3 is 1. The molecule has 2 N–H and O–H groups in total. The summed E-state index contributed by atoms with van der Waals surface area (Å²) in [6.07, 6.45) is 14.5. The molecule has 0 unspecified atom stereocenters. The number of H-pyrrole nitrogens is 1. The van der Waals surface area contributed by atoms with Crippen molar-refractivity contribution in [3.8, 4) is 0 Å². The van der Waals surface area contributed by atoms with E-state index in [0.717, 1.165) is 40.6 Å². The molecule has 1 aromatic heterocycles. The van der Waals surface area contributed by atoms with E-state index >= 15 is 0 Å². The Morgan fingerprint density at radius 3 is 2.50 bits per heavy atom. The SMILES string of the molecule is COC1=CC(c2ccc[nH]2)=N/C1=C/NC12CC3CC(CC(C3)C1)C2. The van der Waals surface area contributed by atoms with Crippen molar-refractivity contribution in [1.29, 1.82) is 0 Å². The van der Waals surface area contributed by atoms with Gasteiger partial charge in [-0.05, 0) is 68.4 Å². The maximum Gasteiger partial charge on any atom is 0.148 e. The highest BCUT2D eigenvalue weighted by Gasteiger charge is 2.50. The fourth-order valence-corrected chi connectivity index (χ4v) is 5.82. The molecular weight excluding hydrogens is 298 g/mol. The normalized spacial score (nSPS) is 38.4. The third-order valence-electron chi connectivity index (χ3n) is 6.41. The average molecular weight is 323 g/mol. The van der Waals surface area contributed by atoms with Gasteiger partial charge in [-0.3, -0.25) is 0 Å². The summed E-state index contributed by atoms with van der Waals surface area (Å²) in [5, 5.41) is 3.80. The van der Waals surface area contributed by atoms with Crippen LogP contribution in [-0.2, 0) is 4.74 Å². The lowest BCUT2D eigenvalue weighted by Gasteiger charge is -2.56. The summed E-state index contributed by atoms with van der Waals surface area (Å²) in [5.74, 6) is 3.68. The third kappa shape index (κ3) is 2.31. The number of hydrogen-bond acceptors (Lipinski definition) is 3. The number of nitrogens with zero attached hydrogens (tertiary/aromatic N) is 1. The van der Waals surface area contributed by atoms with Gasteiger partial charge in [-0.2, -0.15) is 0 Å². The first-order chi connectivity index (χ1) is 11.7. The van der Waals surface area contributed by atoms with Crippen molar-refractivity contribution in [3.05, 3.63) is 47.8 Å². The molecular formula is C20H25N3O. The maximum absolute atomic E-state index is 5.55. The topological polar surface area (TPSA) is 49.4 Å². The van der Waals surface area contributed by atoms with Crippen LogP contribution in [0.5, 0.6) is 0 Å². The molecule has 4 fully saturated rings. The highest BCUT2D eigenvalue weighted by atomic mass is 16.5. The quantitative estimate of drug-likeness (QED) is 0.886. The summed E-state index contributed by atoms with van der Waals surface area (Å²) >= 11 is 0. The van der Waals surface area contributed by atoms with E-state index in [2.05, 4.69) is 16.5 Å². The standard InChI is InChI=1S/C20H25N3O/c1-24-19-8-17(16-3-2-4-21-16)23-18(19)12-22-20-9-13-5-14(10-20)7-15(6-13)11-20/h2-4,8,12-15,21-22H,5-7,9-11H2,1H3/b18-12+. The van der Waals surface area contributed by atoms with Gasteiger partial charge in [0.15, 0.2) is 0 Å². The molecule has 2 heterocycles. The van der Waals surface area contributed by atoms with Gasteiger partial charge in [0.1, 0.15) is 11.5 Å². The van der Waals surface area contributed by atoms with E-state index in [0.29, 0.717) is 5.54 Å². The predicted octanol–water partition coefficient (Wildman–Crippen LogP) is 3.75. The van der Waals surface area contributed by atoms with Crippen LogP contribution in [-0.4, -0.2) is 23.3 Å². The first-order valence-corrected chi connectivity index (χ1v) is 9.19. The zero-order valence-corrected chi connectivity index (χ0v) is 14.2. The van der Waals surface area contributed by atoms with Crippen LogP contribution in [0, 0.1) is 17.8 Å². The van der Waals surface area contributed by atoms with Crippen molar-refractivity contribution < 1.29 is 4.74 Å². The Hall–Kier alpha value is -1.97. The van der Waals surface area contributed by atoms with E-state index in [1.807, 2.05) is 24.4 Å². The zero-order chi connectivity index (χ0) is 16.1. The summed E-state index contributed by atoms with van der Waals surface area (Å²) in [7, 11) is 1.72. The second kappa shape index (κ2) is 5.27. The highest BCUT2D eigenvalue weighted by Crippen LogP contribution is 2.55. The van der Waals surface area contributed by atoms with E-state index in [4.69, 9.17) is 9.73 Å². The number of hydrogen-bond donors (Lipinski definition) is 2. The lowest BCUT2D eigenvalue weighted by atomic mass is 9.53. The number of nitrogens with one attached hydrogen (secondary N) is 2. The molecule has 126 valence electrons. The Labute approximate surface area is 143 Å². The predicted molar refractivity (Wildman–Crippen MR) is 94.5 cm³/mol. The van der Waals surface area contributed by atoms with Gasteiger partial charge in [0.2, 0.25) is 0 Å². The van der Waals surface area contributed by atoms with Crippen molar-refractivity contribution in [2.24, 2.45) is 22.7 Å². The molecule has 0 aromatic carbocycles. The Morgan fingerprint density at radius 2 is 1.92 bits per heavy atom. The van der Waals surface area contributed by atoms with Gasteiger partial charge in [0, 0.05) is 24.0 Å². The van der Waals surface area contributed by atoms with Gasteiger partial charge in [0.25, 0.3) is 0 Å². The molecule has 1 aromatic rings. The summed E-state index contributed by atoms with van der Waals surface area (Å²) in [4.78, 5) is 7.98. The minimum absolute atomic E-state index is 0.311. The lowest BCUT2D eigenvalue weighted by molar-refractivity contribution is -0.0131. The lowest BCUT2D eigenvalue weighted by Crippen LogP contribution is -2.57. The Morgan fingerprint density at radius 1 is 1.21 bits per heavy atom. The summed E-state index contributed by atoms with van der Waals surface area (Å²) in [5.41, 5.74) is 3.20. The molecule has 4 aliphatic carbocycles. The molecule has 1 aliphatic heterocycles. The van der Waals surface area contributed by atoms with Crippen LogP contribution in [0.4, 0.5) is 0 Å². The van der Waals surface area contributed by atoms with Crippen molar-refractivity contribution in [1.82, 2.24) is 10.3 Å². The molecule has 0 radical (unpaired) electrons. The zero-order valence-electron chi connectivity index (χ0n) is 14.2. The fourth-order valence-electron chi connectivity index (χ4n) is 5.82. The molecule has 4 heteroatoms. The van der Waals surface area contributed by atoms with Crippen molar-refractivity contribution in [2.45, 2.75) is 44.1 Å².